The molecule has 0 unspecified atom stereocenters. The van der Waals surface area contributed by atoms with E-state index in [0.717, 1.165) is 24.0 Å². The SMILES string of the molecule is CC[NH+]=C(N)SCC[NH3+].[Br-].[Br-]. The maximum Gasteiger partial charge on any atom is 0.302 e. The zero-order valence-electron chi connectivity index (χ0n) is 6.57. The zero-order chi connectivity index (χ0) is 7.11. The second-order valence-electron chi connectivity index (χ2n) is 1.60. The molecule has 3 nitrogen and oxygen atoms in total. The van der Waals surface area contributed by atoms with Gasteiger partial charge < -0.3 is 39.7 Å². The number of thioether (sulfide) groups is 1. The van der Waals surface area contributed by atoms with Crippen molar-refractivity contribution in [1.29, 1.82) is 0 Å². The maximum atomic E-state index is 5.51. The Morgan fingerprint density at radius 1 is 1.55 bits per heavy atom. The van der Waals surface area contributed by atoms with Gasteiger partial charge in [0, 0.05) is 0 Å². The van der Waals surface area contributed by atoms with E-state index in [1.807, 2.05) is 6.92 Å². The predicted molar refractivity (Wildman–Crippen MR) is 40.9 cm³/mol. The molecule has 0 amide bonds. The van der Waals surface area contributed by atoms with Crippen LogP contribution in [-0.4, -0.2) is 24.0 Å². The van der Waals surface area contributed by atoms with Crippen molar-refractivity contribution in [3.05, 3.63) is 0 Å². The molecule has 0 saturated carbocycles. The van der Waals surface area contributed by atoms with E-state index in [1.165, 1.54) is 0 Å². The van der Waals surface area contributed by atoms with Crippen LogP contribution in [0.5, 0.6) is 0 Å². The van der Waals surface area contributed by atoms with Crippen molar-refractivity contribution in [2.45, 2.75) is 6.92 Å². The third-order valence-electron chi connectivity index (χ3n) is 0.753. The summed E-state index contributed by atoms with van der Waals surface area (Å²) in [4.78, 5) is 3.01. The fourth-order valence-corrected chi connectivity index (χ4v) is 1.02. The van der Waals surface area contributed by atoms with Gasteiger partial charge in [0.15, 0.2) is 0 Å². The van der Waals surface area contributed by atoms with E-state index in [4.69, 9.17) is 5.73 Å². The maximum absolute atomic E-state index is 5.51. The first-order valence-corrected chi connectivity index (χ1v) is 4.08. The highest BCUT2D eigenvalue weighted by Crippen LogP contribution is 1.89. The van der Waals surface area contributed by atoms with Gasteiger partial charge in [-0.1, -0.05) is 0 Å². The molecule has 70 valence electrons. The second-order valence-corrected chi connectivity index (χ2v) is 2.73. The van der Waals surface area contributed by atoms with Gasteiger partial charge in [-0.2, -0.15) is 0 Å². The van der Waals surface area contributed by atoms with E-state index in [1.54, 1.807) is 11.8 Å². The minimum absolute atomic E-state index is 0. The summed E-state index contributed by atoms with van der Waals surface area (Å²) in [5.41, 5.74) is 9.21. The summed E-state index contributed by atoms with van der Waals surface area (Å²) in [6, 6.07) is 0. The van der Waals surface area contributed by atoms with Crippen molar-refractivity contribution in [2.75, 3.05) is 18.8 Å². The van der Waals surface area contributed by atoms with Crippen molar-refractivity contribution in [2.24, 2.45) is 5.73 Å². The van der Waals surface area contributed by atoms with Gasteiger partial charge in [0.2, 0.25) is 0 Å². The first-order chi connectivity index (χ1) is 4.31. The number of halogens is 2. The van der Waals surface area contributed by atoms with Crippen molar-refractivity contribution in [1.82, 2.24) is 0 Å². The number of rotatable bonds is 3. The van der Waals surface area contributed by atoms with Gasteiger partial charge >= 0.3 is 5.17 Å². The monoisotopic (exact) mass is 307 g/mol. The van der Waals surface area contributed by atoms with E-state index >= 15 is 0 Å². The molecule has 6 heteroatoms. The lowest BCUT2D eigenvalue weighted by Crippen LogP contribution is -3.00. The third-order valence-corrected chi connectivity index (χ3v) is 1.70. The molecular weight excluding hydrogens is 294 g/mol. The van der Waals surface area contributed by atoms with E-state index in [9.17, 15) is 0 Å². The van der Waals surface area contributed by atoms with Gasteiger partial charge in [-0.05, 0) is 18.7 Å². The number of quaternary nitrogens is 1. The minimum Gasteiger partial charge on any atom is -1.00 e. The summed E-state index contributed by atoms with van der Waals surface area (Å²) in [5, 5.41) is 0.807. The molecule has 0 saturated heterocycles. The number of hydrogen-bond donors (Lipinski definition) is 3. The zero-order valence-corrected chi connectivity index (χ0v) is 10.6. The minimum atomic E-state index is 0. The van der Waals surface area contributed by atoms with Crippen LogP contribution >= 0.6 is 11.8 Å². The molecule has 0 aliphatic heterocycles. The lowest BCUT2D eigenvalue weighted by atomic mass is 10.8. The Kier molecular flexibility index (Phi) is 21.5. The molecule has 0 atom stereocenters. The van der Waals surface area contributed by atoms with E-state index in [-0.39, 0.29) is 34.0 Å². The first kappa shape index (κ1) is 17.7. The number of nitrogens with two attached hydrogens (primary N) is 1. The van der Waals surface area contributed by atoms with Gasteiger partial charge in [0.1, 0.15) is 0 Å². The van der Waals surface area contributed by atoms with Gasteiger partial charge in [-0.15, -0.1) is 0 Å². The predicted octanol–water partition coefficient (Wildman–Crippen LogP) is -8.62. The van der Waals surface area contributed by atoms with E-state index in [2.05, 4.69) is 10.7 Å². The van der Waals surface area contributed by atoms with Gasteiger partial charge in [0.25, 0.3) is 0 Å². The summed E-state index contributed by atoms with van der Waals surface area (Å²) < 4.78 is 0. The van der Waals surface area contributed by atoms with Crippen LogP contribution in [0, 0.1) is 0 Å². The van der Waals surface area contributed by atoms with Crippen LogP contribution in [0.1, 0.15) is 6.92 Å². The van der Waals surface area contributed by atoms with Crippen molar-refractivity contribution in [3.63, 3.8) is 0 Å². The second kappa shape index (κ2) is 13.3. The molecule has 0 bridgehead atoms. The van der Waals surface area contributed by atoms with E-state index < -0.39 is 0 Å². The largest absolute Gasteiger partial charge is 1.00 e. The number of nitrogens with one attached hydrogen (secondary N) is 1. The smallest absolute Gasteiger partial charge is 0.302 e. The van der Waals surface area contributed by atoms with Crippen LogP contribution in [0.25, 0.3) is 0 Å². The molecule has 0 heterocycles. The van der Waals surface area contributed by atoms with Crippen molar-refractivity contribution >= 4 is 16.9 Å². The van der Waals surface area contributed by atoms with Crippen LogP contribution in [0.2, 0.25) is 0 Å². The van der Waals surface area contributed by atoms with Crippen molar-refractivity contribution < 1.29 is 44.7 Å². The molecular formula is C5H15Br2N3S. The molecule has 0 aromatic rings. The molecule has 0 aromatic carbocycles. The van der Waals surface area contributed by atoms with Gasteiger partial charge in [0.05, 0.1) is 18.8 Å². The molecule has 0 aliphatic carbocycles. The topological polar surface area (TPSA) is 67.6 Å². The molecule has 11 heavy (non-hydrogen) atoms. The van der Waals surface area contributed by atoms with Crippen LogP contribution in [0.15, 0.2) is 0 Å². The Morgan fingerprint density at radius 3 is 2.45 bits per heavy atom. The Hall–Kier alpha value is 0.740. The van der Waals surface area contributed by atoms with Crippen LogP contribution < -0.4 is 50.4 Å². The molecule has 0 spiro atoms. The quantitative estimate of drug-likeness (QED) is 0.358. The average molecular weight is 309 g/mol. The summed E-state index contributed by atoms with van der Waals surface area (Å²) in [7, 11) is 0. The summed E-state index contributed by atoms with van der Waals surface area (Å²) in [6.45, 7) is 3.85. The molecule has 6 N–H and O–H groups in total. The van der Waals surface area contributed by atoms with Crippen LogP contribution in [0.4, 0.5) is 0 Å². The lowest BCUT2D eigenvalue weighted by Gasteiger charge is -1.88. The third kappa shape index (κ3) is 13.7. The number of hydrogen-bond acceptors (Lipinski definition) is 1. The highest BCUT2D eigenvalue weighted by atomic mass is 79.9. The summed E-state index contributed by atoms with van der Waals surface area (Å²) in [5.74, 6) is 0.999. The normalized spacial score (nSPS) is 9.82. The molecule has 0 fully saturated rings. The van der Waals surface area contributed by atoms with Crippen molar-refractivity contribution in [3.8, 4) is 0 Å². The number of amidine groups is 1. The Morgan fingerprint density at radius 2 is 2.09 bits per heavy atom. The Balaban J connectivity index is -0.000000320. The van der Waals surface area contributed by atoms with Crippen LogP contribution in [0.3, 0.4) is 0 Å². The molecule has 0 aliphatic rings. The lowest BCUT2D eigenvalue weighted by molar-refractivity contribution is -0.450. The molecule has 0 aromatic heterocycles. The van der Waals surface area contributed by atoms with Gasteiger partial charge in [-0.25, -0.2) is 0 Å². The van der Waals surface area contributed by atoms with Crippen LogP contribution in [-0.2, 0) is 0 Å². The average Bonchev–Trinajstić information content (AvgIpc) is 1.85. The Bertz CT molecular complexity index is 99.7. The fraction of sp³-hybridized carbons (Fsp3) is 0.800. The summed E-state index contributed by atoms with van der Waals surface area (Å²) >= 11 is 1.62. The highest BCUT2D eigenvalue weighted by molar-refractivity contribution is 8.13. The highest BCUT2D eigenvalue weighted by Gasteiger charge is 1.96. The summed E-state index contributed by atoms with van der Waals surface area (Å²) in [6.07, 6.45) is 0. The first-order valence-electron chi connectivity index (χ1n) is 3.09. The standard InChI is InChI=1S/C5H13N3S.2BrH/c1-2-8-5(7)9-4-3-6;;/h2-4,6H2,1H3,(H2,7,8);2*1H. The molecule has 0 rings (SSSR count). The molecule has 0 radical (unpaired) electrons. The fourth-order valence-electron chi connectivity index (χ4n) is 0.407. The van der Waals surface area contributed by atoms with E-state index in [0.29, 0.717) is 0 Å². The van der Waals surface area contributed by atoms with Gasteiger partial charge in [-0.3, -0.25) is 10.7 Å². The Labute approximate surface area is 92.9 Å².